The lowest BCUT2D eigenvalue weighted by Gasteiger charge is -2.15. The first-order chi connectivity index (χ1) is 8.49. The number of aryl methyl sites for hydroxylation is 3. The van der Waals surface area contributed by atoms with Crippen LogP contribution in [0.1, 0.15) is 33.9 Å². The van der Waals surface area contributed by atoms with Gasteiger partial charge < -0.3 is 5.73 Å². The van der Waals surface area contributed by atoms with E-state index in [0.717, 1.165) is 11.1 Å². The number of rotatable bonds is 2. The monoisotopic (exact) mass is 243 g/mol. The summed E-state index contributed by atoms with van der Waals surface area (Å²) in [6.07, 6.45) is 0. The quantitative estimate of drug-likeness (QED) is 0.853. The number of benzene rings is 2. The maximum Gasteiger partial charge on any atom is 0.129 e. The van der Waals surface area contributed by atoms with E-state index in [1.807, 2.05) is 43.3 Å². The molecule has 2 aromatic rings. The molecule has 0 aliphatic rings. The van der Waals surface area contributed by atoms with Gasteiger partial charge in [-0.15, -0.1) is 0 Å². The van der Waals surface area contributed by atoms with Crippen LogP contribution in [0.25, 0.3) is 0 Å². The third-order valence-corrected chi connectivity index (χ3v) is 3.25. The van der Waals surface area contributed by atoms with Crippen LogP contribution in [0, 0.1) is 26.6 Å². The maximum atomic E-state index is 13.6. The average molecular weight is 243 g/mol. The van der Waals surface area contributed by atoms with Crippen LogP contribution in [-0.2, 0) is 0 Å². The minimum Gasteiger partial charge on any atom is -0.320 e. The lowest BCUT2D eigenvalue weighted by Crippen LogP contribution is -2.12. The van der Waals surface area contributed by atoms with Crippen molar-refractivity contribution in [2.45, 2.75) is 26.8 Å². The minimum absolute atomic E-state index is 0.144. The van der Waals surface area contributed by atoms with Gasteiger partial charge in [0, 0.05) is 0 Å². The van der Waals surface area contributed by atoms with E-state index in [4.69, 9.17) is 5.73 Å². The smallest absolute Gasteiger partial charge is 0.129 e. The van der Waals surface area contributed by atoms with Gasteiger partial charge >= 0.3 is 0 Å². The fourth-order valence-electron chi connectivity index (χ4n) is 2.13. The van der Waals surface area contributed by atoms with Crippen molar-refractivity contribution in [1.29, 1.82) is 0 Å². The summed E-state index contributed by atoms with van der Waals surface area (Å²) in [5.41, 5.74) is 10.7. The molecule has 2 N–H and O–H groups in total. The van der Waals surface area contributed by atoms with Crippen LogP contribution >= 0.6 is 0 Å². The molecule has 0 saturated carbocycles. The van der Waals surface area contributed by atoms with Crippen molar-refractivity contribution in [2.24, 2.45) is 5.73 Å². The summed E-state index contributed by atoms with van der Waals surface area (Å²) in [7, 11) is 0. The zero-order valence-corrected chi connectivity index (χ0v) is 11.0. The van der Waals surface area contributed by atoms with Crippen LogP contribution < -0.4 is 5.73 Å². The van der Waals surface area contributed by atoms with Gasteiger partial charge in [0.1, 0.15) is 5.82 Å². The largest absolute Gasteiger partial charge is 0.320 e. The third kappa shape index (κ3) is 2.44. The Morgan fingerprint density at radius 1 is 0.889 bits per heavy atom. The molecule has 94 valence electrons. The molecule has 0 aliphatic heterocycles. The first-order valence-corrected chi connectivity index (χ1v) is 6.08. The fourth-order valence-corrected chi connectivity index (χ4v) is 2.13. The molecule has 0 fully saturated rings. The molecule has 0 radical (unpaired) electrons. The maximum absolute atomic E-state index is 13.6. The Morgan fingerprint density at radius 2 is 1.39 bits per heavy atom. The van der Waals surface area contributed by atoms with E-state index in [2.05, 4.69) is 0 Å². The predicted octanol–water partition coefficient (Wildman–Crippen LogP) is 3.80. The van der Waals surface area contributed by atoms with Crippen LogP contribution in [0.3, 0.4) is 0 Å². The molecule has 18 heavy (non-hydrogen) atoms. The van der Waals surface area contributed by atoms with Crippen LogP contribution in [0.2, 0.25) is 0 Å². The highest BCUT2D eigenvalue weighted by Gasteiger charge is 2.12. The van der Waals surface area contributed by atoms with E-state index in [-0.39, 0.29) is 11.9 Å². The normalized spacial score (nSPS) is 12.5. The molecule has 0 amide bonds. The first kappa shape index (κ1) is 12.8. The fraction of sp³-hybridized carbons (Fsp3) is 0.250. The van der Waals surface area contributed by atoms with E-state index >= 15 is 0 Å². The Labute approximate surface area is 107 Å². The summed E-state index contributed by atoms with van der Waals surface area (Å²) >= 11 is 0. The Balaban J connectivity index is 2.39. The number of nitrogens with two attached hydrogens (primary N) is 1. The Bertz CT molecular complexity index is 535. The standard InChI is InChI=1S/C16H18FN/c1-10-4-6-13(7-5-10)16(18)14-8-11(2)15(17)12(3)9-14/h4-9,16H,18H2,1-3H3. The van der Waals surface area contributed by atoms with Gasteiger partial charge in [-0.3, -0.25) is 0 Å². The lowest BCUT2D eigenvalue weighted by atomic mass is 9.95. The van der Waals surface area contributed by atoms with Crippen molar-refractivity contribution in [1.82, 2.24) is 0 Å². The van der Waals surface area contributed by atoms with Gasteiger partial charge in [-0.1, -0.05) is 42.0 Å². The SMILES string of the molecule is Cc1ccc(C(N)c2cc(C)c(F)c(C)c2)cc1. The summed E-state index contributed by atoms with van der Waals surface area (Å²) < 4.78 is 13.6. The van der Waals surface area contributed by atoms with Crippen LogP contribution in [0.5, 0.6) is 0 Å². The molecular weight excluding hydrogens is 225 g/mol. The summed E-state index contributed by atoms with van der Waals surface area (Å²) in [6.45, 7) is 5.59. The van der Waals surface area contributed by atoms with Crippen molar-refractivity contribution in [2.75, 3.05) is 0 Å². The van der Waals surface area contributed by atoms with Crippen molar-refractivity contribution < 1.29 is 4.39 Å². The van der Waals surface area contributed by atoms with Gasteiger partial charge in [-0.2, -0.15) is 0 Å². The molecule has 0 heterocycles. The third-order valence-electron chi connectivity index (χ3n) is 3.25. The topological polar surface area (TPSA) is 26.0 Å². The van der Waals surface area contributed by atoms with Gasteiger partial charge in [-0.05, 0) is 43.0 Å². The predicted molar refractivity (Wildman–Crippen MR) is 73.1 cm³/mol. The second-order valence-electron chi connectivity index (χ2n) is 4.86. The van der Waals surface area contributed by atoms with Crippen molar-refractivity contribution in [3.8, 4) is 0 Å². The van der Waals surface area contributed by atoms with Crippen molar-refractivity contribution in [3.63, 3.8) is 0 Å². The first-order valence-electron chi connectivity index (χ1n) is 6.08. The second-order valence-corrected chi connectivity index (χ2v) is 4.86. The highest BCUT2D eigenvalue weighted by Crippen LogP contribution is 2.24. The highest BCUT2D eigenvalue weighted by atomic mass is 19.1. The molecule has 0 saturated heterocycles. The van der Waals surface area contributed by atoms with E-state index in [0.29, 0.717) is 11.1 Å². The van der Waals surface area contributed by atoms with Crippen LogP contribution in [0.15, 0.2) is 36.4 Å². The van der Waals surface area contributed by atoms with Crippen molar-refractivity contribution >= 4 is 0 Å². The molecule has 0 spiro atoms. The van der Waals surface area contributed by atoms with E-state index < -0.39 is 0 Å². The highest BCUT2D eigenvalue weighted by molar-refractivity contribution is 5.38. The second kappa shape index (κ2) is 4.91. The minimum atomic E-state index is -0.205. The van der Waals surface area contributed by atoms with Gasteiger partial charge in [0.25, 0.3) is 0 Å². The Hall–Kier alpha value is -1.67. The lowest BCUT2D eigenvalue weighted by molar-refractivity contribution is 0.607. The zero-order chi connectivity index (χ0) is 13.3. The zero-order valence-electron chi connectivity index (χ0n) is 11.0. The molecule has 1 nitrogen and oxygen atoms in total. The molecule has 2 rings (SSSR count). The van der Waals surface area contributed by atoms with E-state index in [9.17, 15) is 4.39 Å². The molecule has 0 aliphatic carbocycles. The Kier molecular flexibility index (Phi) is 3.48. The molecule has 1 unspecified atom stereocenters. The Morgan fingerprint density at radius 3 is 1.89 bits per heavy atom. The molecule has 2 aromatic carbocycles. The van der Waals surface area contributed by atoms with Gasteiger partial charge in [0.2, 0.25) is 0 Å². The average Bonchev–Trinajstić information content (AvgIpc) is 2.35. The molecule has 2 heteroatoms. The van der Waals surface area contributed by atoms with Gasteiger partial charge in [0.15, 0.2) is 0 Å². The number of hydrogen-bond acceptors (Lipinski definition) is 1. The van der Waals surface area contributed by atoms with Crippen LogP contribution in [0.4, 0.5) is 4.39 Å². The summed E-state index contributed by atoms with van der Waals surface area (Å²) in [4.78, 5) is 0. The summed E-state index contributed by atoms with van der Waals surface area (Å²) in [5.74, 6) is -0.144. The van der Waals surface area contributed by atoms with E-state index in [1.54, 1.807) is 13.8 Å². The molecular formula is C16H18FN. The van der Waals surface area contributed by atoms with Gasteiger partial charge in [0.05, 0.1) is 6.04 Å². The molecule has 1 atom stereocenters. The summed E-state index contributed by atoms with van der Waals surface area (Å²) in [5, 5.41) is 0. The molecule has 0 aromatic heterocycles. The van der Waals surface area contributed by atoms with Gasteiger partial charge in [-0.25, -0.2) is 4.39 Å². The van der Waals surface area contributed by atoms with E-state index in [1.165, 1.54) is 5.56 Å². The number of hydrogen-bond donors (Lipinski definition) is 1. The van der Waals surface area contributed by atoms with Crippen LogP contribution in [-0.4, -0.2) is 0 Å². The summed E-state index contributed by atoms with van der Waals surface area (Å²) in [6, 6.07) is 11.6. The number of halogens is 1. The molecule has 0 bridgehead atoms. The van der Waals surface area contributed by atoms with Crippen molar-refractivity contribution in [3.05, 3.63) is 70.0 Å².